The van der Waals surface area contributed by atoms with Crippen LogP contribution in [-0.4, -0.2) is 35.3 Å². The number of halogens is 1. The van der Waals surface area contributed by atoms with Crippen LogP contribution < -0.4 is 4.90 Å². The van der Waals surface area contributed by atoms with E-state index in [1.54, 1.807) is 11.3 Å². The van der Waals surface area contributed by atoms with Gasteiger partial charge in [-0.05, 0) is 35.9 Å². The highest BCUT2D eigenvalue weighted by Gasteiger charge is 2.18. The number of hydrogen-bond acceptors (Lipinski definition) is 5. The highest BCUT2D eigenvalue weighted by atomic mass is 35.5. The van der Waals surface area contributed by atoms with Gasteiger partial charge in [0.2, 0.25) is 5.28 Å². The summed E-state index contributed by atoms with van der Waals surface area (Å²) in [5, 5.41) is 9.39. The van der Waals surface area contributed by atoms with E-state index < -0.39 is 0 Å². The first-order valence-electron chi connectivity index (χ1n) is 5.45. The molecule has 1 saturated heterocycles. The zero-order chi connectivity index (χ0) is 12.3. The van der Waals surface area contributed by atoms with Gasteiger partial charge in [0.15, 0.2) is 5.82 Å². The molecule has 4 nitrogen and oxygen atoms in total. The van der Waals surface area contributed by atoms with E-state index >= 15 is 0 Å². The first-order valence-corrected chi connectivity index (χ1v) is 6.71. The van der Waals surface area contributed by atoms with E-state index in [1.807, 2.05) is 11.4 Å². The lowest BCUT2D eigenvalue weighted by Gasteiger charge is -2.16. The van der Waals surface area contributed by atoms with Crippen LogP contribution in [0.5, 0.6) is 0 Å². The van der Waals surface area contributed by atoms with Gasteiger partial charge in [-0.1, -0.05) is 0 Å². The number of nitrogens with zero attached hydrogens (tertiary/aromatic N) is 3. The molecule has 6 heteroatoms. The van der Waals surface area contributed by atoms with Crippen molar-refractivity contribution in [1.29, 1.82) is 0 Å². The van der Waals surface area contributed by atoms with Crippen molar-refractivity contribution < 1.29 is 5.11 Å². The molecule has 0 aromatic carbocycles. The van der Waals surface area contributed by atoms with Crippen molar-refractivity contribution in [1.82, 2.24) is 9.97 Å². The number of thiophene rings is 1. The molecule has 2 aromatic rings. The topological polar surface area (TPSA) is 49.3 Å². The summed E-state index contributed by atoms with van der Waals surface area (Å²) in [5.74, 6) is 1.01. The fourth-order valence-electron chi connectivity index (χ4n) is 1.96. The third-order valence-electron chi connectivity index (χ3n) is 2.66. The third kappa shape index (κ3) is 2.51. The number of aromatic nitrogens is 2. The molecule has 0 unspecified atom stereocenters. The van der Waals surface area contributed by atoms with Gasteiger partial charge in [-0.25, -0.2) is 4.98 Å². The Morgan fingerprint density at radius 1 is 1.29 bits per heavy atom. The molecule has 0 radical (unpaired) electrons. The molecular weight excluding hydrogens is 258 g/mol. The van der Waals surface area contributed by atoms with Crippen LogP contribution in [0.3, 0.4) is 0 Å². The number of rotatable bonds is 1. The molecule has 1 fully saturated rings. The Bertz CT molecular complexity index is 496. The van der Waals surface area contributed by atoms with Crippen molar-refractivity contribution in [3.05, 3.63) is 16.7 Å². The molecular formula is C11H14ClN3OS. The summed E-state index contributed by atoms with van der Waals surface area (Å²) in [4.78, 5) is 10.9. The van der Waals surface area contributed by atoms with Gasteiger partial charge in [0, 0.05) is 20.2 Å². The van der Waals surface area contributed by atoms with Crippen molar-refractivity contribution in [2.75, 3.05) is 25.1 Å². The summed E-state index contributed by atoms with van der Waals surface area (Å²) in [7, 11) is 1.00. The van der Waals surface area contributed by atoms with Crippen LogP contribution in [0.2, 0.25) is 5.28 Å². The van der Waals surface area contributed by atoms with Crippen LogP contribution in [0.25, 0.3) is 10.2 Å². The number of anilines is 1. The second-order valence-electron chi connectivity index (χ2n) is 3.65. The maximum atomic E-state index is 7.00. The number of aliphatic hydroxyl groups excluding tert-OH is 1. The normalized spacial score (nSPS) is 14.9. The van der Waals surface area contributed by atoms with E-state index in [-0.39, 0.29) is 0 Å². The molecule has 0 bridgehead atoms. The number of aliphatic hydroxyl groups is 1. The van der Waals surface area contributed by atoms with Gasteiger partial charge >= 0.3 is 0 Å². The van der Waals surface area contributed by atoms with Crippen LogP contribution in [0.1, 0.15) is 12.8 Å². The van der Waals surface area contributed by atoms with Crippen LogP contribution in [0, 0.1) is 0 Å². The predicted molar refractivity (Wildman–Crippen MR) is 72.0 cm³/mol. The van der Waals surface area contributed by atoms with E-state index in [1.165, 1.54) is 12.8 Å². The average Bonchev–Trinajstić information content (AvgIpc) is 3.01. The first kappa shape index (κ1) is 12.5. The number of hydrogen-bond donors (Lipinski definition) is 1. The molecule has 0 amide bonds. The Kier molecular flexibility index (Phi) is 4.15. The minimum Gasteiger partial charge on any atom is -0.400 e. The number of fused-ring (bicyclic) bond motifs is 1. The second-order valence-corrected chi connectivity index (χ2v) is 4.90. The van der Waals surface area contributed by atoms with E-state index in [0.717, 1.165) is 36.2 Å². The third-order valence-corrected chi connectivity index (χ3v) is 3.73. The fourth-order valence-corrected chi connectivity index (χ4v) is 2.98. The minimum absolute atomic E-state index is 0.350. The first-order chi connectivity index (χ1) is 8.34. The second kappa shape index (κ2) is 5.62. The maximum Gasteiger partial charge on any atom is 0.224 e. The molecule has 0 saturated carbocycles. The Morgan fingerprint density at radius 2 is 2.00 bits per heavy atom. The smallest absolute Gasteiger partial charge is 0.224 e. The Hall–Kier alpha value is -0.910. The van der Waals surface area contributed by atoms with Gasteiger partial charge in [-0.2, -0.15) is 4.98 Å². The average molecular weight is 272 g/mol. The Morgan fingerprint density at radius 3 is 2.71 bits per heavy atom. The lowest BCUT2D eigenvalue weighted by molar-refractivity contribution is 0.399. The van der Waals surface area contributed by atoms with Crippen molar-refractivity contribution >= 4 is 39.0 Å². The zero-order valence-electron chi connectivity index (χ0n) is 9.56. The lowest BCUT2D eigenvalue weighted by Crippen LogP contribution is -2.19. The largest absolute Gasteiger partial charge is 0.400 e. The molecule has 3 rings (SSSR count). The molecule has 2 aromatic heterocycles. The van der Waals surface area contributed by atoms with Gasteiger partial charge in [0.05, 0.1) is 10.2 Å². The van der Waals surface area contributed by atoms with Gasteiger partial charge in [0.25, 0.3) is 0 Å². The predicted octanol–water partition coefficient (Wildman–Crippen LogP) is 2.55. The van der Waals surface area contributed by atoms with Crippen LogP contribution in [-0.2, 0) is 0 Å². The summed E-state index contributed by atoms with van der Waals surface area (Å²) in [5.41, 5.74) is 0.960. The summed E-state index contributed by atoms with van der Waals surface area (Å²) in [6, 6.07) is 1.99. The summed E-state index contributed by atoms with van der Waals surface area (Å²) in [6.07, 6.45) is 2.49. The van der Waals surface area contributed by atoms with Crippen LogP contribution in [0.4, 0.5) is 5.82 Å². The molecule has 3 heterocycles. The molecule has 0 atom stereocenters. The van der Waals surface area contributed by atoms with Gasteiger partial charge in [-0.15, -0.1) is 11.3 Å². The van der Waals surface area contributed by atoms with Crippen molar-refractivity contribution in [3.63, 3.8) is 0 Å². The van der Waals surface area contributed by atoms with Crippen LogP contribution >= 0.6 is 22.9 Å². The quantitative estimate of drug-likeness (QED) is 0.810. The van der Waals surface area contributed by atoms with E-state index in [2.05, 4.69) is 14.9 Å². The summed E-state index contributed by atoms with van der Waals surface area (Å²) in [6.45, 7) is 2.17. The van der Waals surface area contributed by atoms with Crippen molar-refractivity contribution in [3.8, 4) is 0 Å². The van der Waals surface area contributed by atoms with Gasteiger partial charge < -0.3 is 10.0 Å². The van der Waals surface area contributed by atoms with E-state index in [0.29, 0.717) is 5.28 Å². The maximum absolute atomic E-state index is 7.00. The standard InChI is InChI=1S/C10H10ClN3S.CH4O/c11-10-12-7-3-6-15-8(7)9(13-10)14-4-1-2-5-14;1-2/h3,6H,1-2,4-5H2;2H,1H3. The zero-order valence-corrected chi connectivity index (χ0v) is 11.1. The molecule has 17 heavy (non-hydrogen) atoms. The molecule has 0 spiro atoms. The molecule has 1 N–H and O–H groups in total. The molecule has 0 aliphatic carbocycles. The molecule has 1 aliphatic rings. The molecule has 92 valence electrons. The van der Waals surface area contributed by atoms with Gasteiger partial charge in [-0.3, -0.25) is 0 Å². The highest BCUT2D eigenvalue weighted by molar-refractivity contribution is 7.17. The minimum atomic E-state index is 0.350. The Balaban J connectivity index is 0.000000514. The molecule has 1 aliphatic heterocycles. The van der Waals surface area contributed by atoms with E-state index in [4.69, 9.17) is 16.7 Å². The van der Waals surface area contributed by atoms with Crippen molar-refractivity contribution in [2.24, 2.45) is 0 Å². The summed E-state index contributed by atoms with van der Waals surface area (Å²) < 4.78 is 1.15. The fraction of sp³-hybridized carbons (Fsp3) is 0.455. The lowest BCUT2D eigenvalue weighted by atomic mass is 10.4. The summed E-state index contributed by atoms with van der Waals surface area (Å²) >= 11 is 7.60. The highest BCUT2D eigenvalue weighted by Crippen LogP contribution is 2.31. The monoisotopic (exact) mass is 271 g/mol. The van der Waals surface area contributed by atoms with E-state index in [9.17, 15) is 0 Å². The SMILES string of the molecule is CO.Clc1nc(N2CCCC2)c2sccc2n1. The Labute approximate surface area is 109 Å². The van der Waals surface area contributed by atoms with Crippen molar-refractivity contribution in [2.45, 2.75) is 12.8 Å². The van der Waals surface area contributed by atoms with Gasteiger partial charge in [0.1, 0.15) is 0 Å². The van der Waals surface area contributed by atoms with Crippen LogP contribution in [0.15, 0.2) is 11.4 Å².